The molecule has 0 saturated carbocycles. The summed E-state index contributed by atoms with van der Waals surface area (Å²) < 4.78 is 9.71. The SMILES string of the molecule is c1ccc(N(c2ccccc2)c2ccc(-c3c4nccnc4c(-c4ccc(N(c5ccccc5)c5ccccc5)cc4)c4nsnc34)cc2)cc1. The third-order valence-electron chi connectivity index (χ3n) is 9.02. The van der Waals surface area contributed by atoms with Gasteiger partial charge in [-0.05, 0) is 83.9 Å². The topological polar surface area (TPSA) is 58.0 Å². The largest absolute Gasteiger partial charge is 0.311 e. The first-order valence-corrected chi connectivity index (χ1v) is 17.5. The summed E-state index contributed by atoms with van der Waals surface area (Å²) in [7, 11) is 0. The summed E-state index contributed by atoms with van der Waals surface area (Å²) in [6.45, 7) is 0. The summed E-state index contributed by atoms with van der Waals surface area (Å²) in [6, 6.07) is 58.9. The minimum absolute atomic E-state index is 0.794. The van der Waals surface area contributed by atoms with Crippen LogP contribution in [0.5, 0.6) is 0 Å². The summed E-state index contributed by atoms with van der Waals surface area (Å²) >= 11 is 1.21. The van der Waals surface area contributed by atoms with E-state index in [1.165, 1.54) is 11.7 Å². The van der Waals surface area contributed by atoms with E-state index < -0.39 is 0 Å². The van der Waals surface area contributed by atoms with Crippen molar-refractivity contribution in [2.45, 2.75) is 0 Å². The summed E-state index contributed by atoms with van der Waals surface area (Å²) in [5, 5.41) is 0. The summed E-state index contributed by atoms with van der Waals surface area (Å²) in [5.74, 6) is 0. The van der Waals surface area contributed by atoms with E-state index in [2.05, 4.69) is 155 Å². The highest BCUT2D eigenvalue weighted by Gasteiger charge is 2.23. The molecule has 2 heterocycles. The molecular formula is C44H30N6S. The second-order valence-electron chi connectivity index (χ2n) is 12.1. The number of nitrogens with zero attached hydrogens (tertiary/aromatic N) is 6. The van der Waals surface area contributed by atoms with Gasteiger partial charge < -0.3 is 9.80 Å². The van der Waals surface area contributed by atoms with Crippen LogP contribution >= 0.6 is 11.7 Å². The zero-order valence-corrected chi connectivity index (χ0v) is 28.2. The normalized spacial score (nSPS) is 11.1. The van der Waals surface area contributed by atoms with E-state index in [9.17, 15) is 0 Å². The monoisotopic (exact) mass is 674 g/mol. The van der Waals surface area contributed by atoms with E-state index in [1.807, 2.05) is 24.3 Å². The maximum atomic E-state index is 4.91. The molecule has 7 aromatic carbocycles. The lowest BCUT2D eigenvalue weighted by molar-refractivity contribution is 1.28. The van der Waals surface area contributed by atoms with Gasteiger partial charge in [0.1, 0.15) is 11.0 Å². The zero-order valence-electron chi connectivity index (χ0n) is 27.4. The lowest BCUT2D eigenvalue weighted by atomic mass is 9.94. The van der Waals surface area contributed by atoms with Crippen molar-refractivity contribution in [2.75, 3.05) is 9.80 Å². The fraction of sp³-hybridized carbons (Fsp3) is 0. The molecule has 0 saturated heterocycles. The Balaban J connectivity index is 1.14. The van der Waals surface area contributed by atoms with Crippen LogP contribution in [0.2, 0.25) is 0 Å². The molecule has 0 atom stereocenters. The Hall–Kier alpha value is -6.70. The first kappa shape index (κ1) is 30.4. The second-order valence-corrected chi connectivity index (χ2v) is 12.6. The van der Waals surface area contributed by atoms with Gasteiger partial charge in [0.2, 0.25) is 0 Å². The van der Waals surface area contributed by atoms with Gasteiger partial charge in [0.15, 0.2) is 0 Å². The van der Waals surface area contributed by atoms with Gasteiger partial charge in [0, 0.05) is 57.6 Å². The Morgan fingerprint density at radius 1 is 0.314 bits per heavy atom. The number of anilines is 6. The Kier molecular flexibility index (Phi) is 7.92. The van der Waals surface area contributed by atoms with Gasteiger partial charge in [-0.2, -0.15) is 8.75 Å². The average molecular weight is 675 g/mol. The molecule has 0 aliphatic heterocycles. The van der Waals surface area contributed by atoms with E-state index in [-0.39, 0.29) is 0 Å². The van der Waals surface area contributed by atoms with Crippen LogP contribution < -0.4 is 9.80 Å². The molecule has 0 aliphatic carbocycles. The van der Waals surface area contributed by atoms with Gasteiger partial charge in [-0.15, -0.1) is 0 Å². The van der Waals surface area contributed by atoms with Gasteiger partial charge in [-0.1, -0.05) is 97.1 Å². The van der Waals surface area contributed by atoms with Gasteiger partial charge in [0.05, 0.1) is 22.8 Å². The molecule has 51 heavy (non-hydrogen) atoms. The molecule has 9 aromatic rings. The van der Waals surface area contributed by atoms with Gasteiger partial charge in [0.25, 0.3) is 0 Å². The van der Waals surface area contributed by atoms with Crippen LogP contribution in [0.1, 0.15) is 0 Å². The molecule has 9 rings (SSSR count). The molecule has 0 unspecified atom stereocenters. The highest BCUT2D eigenvalue weighted by molar-refractivity contribution is 7.00. The number of benzene rings is 7. The van der Waals surface area contributed by atoms with Crippen LogP contribution in [0.4, 0.5) is 34.1 Å². The van der Waals surface area contributed by atoms with Crippen LogP contribution in [-0.4, -0.2) is 18.7 Å². The Morgan fingerprint density at radius 2 is 0.608 bits per heavy atom. The van der Waals surface area contributed by atoms with E-state index in [0.717, 1.165) is 78.4 Å². The molecule has 0 radical (unpaired) electrons. The smallest absolute Gasteiger partial charge is 0.115 e. The number of hydrogen-bond acceptors (Lipinski definition) is 7. The predicted molar refractivity (Wildman–Crippen MR) is 211 cm³/mol. The molecule has 0 aliphatic rings. The Morgan fingerprint density at radius 3 is 0.922 bits per heavy atom. The third-order valence-corrected chi connectivity index (χ3v) is 9.55. The van der Waals surface area contributed by atoms with E-state index in [1.54, 1.807) is 12.4 Å². The lowest BCUT2D eigenvalue weighted by Crippen LogP contribution is -2.09. The minimum Gasteiger partial charge on any atom is -0.311 e. The van der Waals surface area contributed by atoms with Crippen molar-refractivity contribution in [1.82, 2.24) is 18.7 Å². The van der Waals surface area contributed by atoms with Crippen LogP contribution in [-0.2, 0) is 0 Å². The van der Waals surface area contributed by atoms with Gasteiger partial charge in [-0.3, -0.25) is 9.97 Å². The van der Waals surface area contributed by atoms with Gasteiger partial charge in [-0.25, -0.2) is 0 Å². The molecule has 6 nitrogen and oxygen atoms in total. The van der Waals surface area contributed by atoms with Crippen molar-refractivity contribution >= 4 is 67.9 Å². The molecular weight excluding hydrogens is 645 g/mol. The molecule has 0 spiro atoms. The number of fused-ring (bicyclic) bond motifs is 2. The van der Waals surface area contributed by atoms with Crippen molar-refractivity contribution in [3.05, 3.63) is 182 Å². The Bertz CT molecular complexity index is 2300. The molecule has 242 valence electrons. The molecule has 7 heteroatoms. The molecule has 0 bridgehead atoms. The standard InChI is InChI=1S/C44H30N6S/c1-5-13-33(14-6-1)49(34-15-7-2-8-16-34)37-25-21-31(22-26-37)39-41-42(46-30-29-45-41)40(44-43(39)47-51-48-44)32-23-27-38(28-24-32)50(35-17-9-3-10-18-35)36-19-11-4-12-20-36/h1-30H. The molecule has 2 aromatic heterocycles. The number of rotatable bonds is 8. The molecule has 0 fully saturated rings. The summed E-state index contributed by atoms with van der Waals surface area (Å²) in [4.78, 5) is 14.3. The van der Waals surface area contributed by atoms with Crippen LogP contribution in [0, 0.1) is 0 Å². The minimum atomic E-state index is 0.794. The molecule has 0 amide bonds. The second kappa shape index (κ2) is 13.3. The van der Waals surface area contributed by atoms with Crippen molar-refractivity contribution < 1.29 is 0 Å². The van der Waals surface area contributed by atoms with Gasteiger partial charge >= 0.3 is 0 Å². The fourth-order valence-corrected chi connectivity index (χ4v) is 7.31. The number of aromatic nitrogens is 4. The van der Waals surface area contributed by atoms with Crippen molar-refractivity contribution in [3.63, 3.8) is 0 Å². The van der Waals surface area contributed by atoms with E-state index >= 15 is 0 Å². The van der Waals surface area contributed by atoms with Crippen molar-refractivity contribution in [3.8, 4) is 22.3 Å². The first-order valence-electron chi connectivity index (χ1n) is 16.7. The summed E-state index contributed by atoms with van der Waals surface area (Å²) in [5.41, 5.74) is 13.5. The van der Waals surface area contributed by atoms with E-state index in [0.29, 0.717) is 0 Å². The highest BCUT2D eigenvalue weighted by atomic mass is 32.1. The maximum Gasteiger partial charge on any atom is 0.115 e. The van der Waals surface area contributed by atoms with Crippen LogP contribution in [0.25, 0.3) is 44.3 Å². The van der Waals surface area contributed by atoms with Crippen molar-refractivity contribution in [1.29, 1.82) is 0 Å². The lowest BCUT2D eigenvalue weighted by Gasteiger charge is -2.25. The maximum absolute atomic E-state index is 4.91. The zero-order chi connectivity index (χ0) is 34.0. The average Bonchev–Trinajstić information content (AvgIpc) is 3.69. The quantitative estimate of drug-likeness (QED) is 0.160. The van der Waals surface area contributed by atoms with E-state index in [4.69, 9.17) is 18.7 Å². The van der Waals surface area contributed by atoms with Crippen LogP contribution in [0.15, 0.2) is 182 Å². The number of hydrogen-bond donors (Lipinski definition) is 0. The van der Waals surface area contributed by atoms with Crippen molar-refractivity contribution in [2.24, 2.45) is 0 Å². The summed E-state index contributed by atoms with van der Waals surface area (Å²) in [6.07, 6.45) is 3.51. The molecule has 0 N–H and O–H groups in total. The number of para-hydroxylation sites is 4. The predicted octanol–water partition coefficient (Wildman–Crippen LogP) is 11.9. The highest BCUT2D eigenvalue weighted by Crippen LogP contribution is 2.43. The third kappa shape index (κ3) is 5.65. The van der Waals surface area contributed by atoms with Crippen LogP contribution in [0.3, 0.4) is 0 Å². The Labute approximate surface area is 299 Å². The first-order chi connectivity index (χ1) is 25.3. The fourth-order valence-electron chi connectivity index (χ4n) is 6.75.